The SMILES string of the molecule is CO[NH2+]c1cc2cnn(C3CCCCO3)c2cc1C. The first-order valence-electron chi connectivity index (χ1n) is 6.75. The van der Waals surface area contributed by atoms with E-state index >= 15 is 0 Å². The maximum atomic E-state index is 5.82. The Kier molecular flexibility index (Phi) is 3.50. The molecule has 0 bridgehead atoms. The van der Waals surface area contributed by atoms with Gasteiger partial charge in [-0.25, -0.2) is 9.52 Å². The van der Waals surface area contributed by atoms with E-state index in [1.165, 1.54) is 12.0 Å². The lowest BCUT2D eigenvalue weighted by Gasteiger charge is -2.23. The van der Waals surface area contributed by atoms with Crippen LogP contribution in [0.4, 0.5) is 5.69 Å². The van der Waals surface area contributed by atoms with Crippen molar-refractivity contribution in [1.29, 1.82) is 0 Å². The molecule has 3 rings (SSSR count). The van der Waals surface area contributed by atoms with Crippen LogP contribution in [-0.2, 0) is 9.57 Å². The van der Waals surface area contributed by atoms with E-state index in [0.717, 1.165) is 36.0 Å². The summed E-state index contributed by atoms with van der Waals surface area (Å²) in [4.78, 5) is 5.10. The number of quaternary nitrogens is 1. The third-order valence-corrected chi connectivity index (χ3v) is 3.66. The molecule has 5 heteroatoms. The molecule has 102 valence electrons. The smallest absolute Gasteiger partial charge is 0.165 e. The zero-order valence-corrected chi connectivity index (χ0v) is 11.4. The second kappa shape index (κ2) is 5.28. The van der Waals surface area contributed by atoms with Gasteiger partial charge in [0.15, 0.2) is 11.9 Å². The Morgan fingerprint density at radius 2 is 2.32 bits per heavy atom. The standard InChI is InChI=1S/C14H19N3O2/c1-10-7-13-11(8-12(10)16-18-2)9-15-17(13)14-5-3-4-6-19-14/h7-9,14,16H,3-6H2,1-2H3/p+1. The first kappa shape index (κ1) is 12.6. The molecule has 0 aliphatic carbocycles. The minimum Gasteiger partial charge on any atom is -0.356 e. The summed E-state index contributed by atoms with van der Waals surface area (Å²) < 4.78 is 7.83. The number of hydrogen-bond acceptors (Lipinski definition) is 3. The van der Waals surface area contributed by atoms with E-state index in [-0.39, 0.29) is 6.23 Å². The molecule has 1 aliphatic rings. The van der Waals surface area contributed by atoms with Crippen molar-refractivity contribution in [2.24, 2.45) is 0 Å². The molecule has 1 fully saturated rings. The summed E-state index contributed by atoms with van der Waals surface area (Å²) in [5.74, 6) is 0. The Bertz CT molecular complexity index is 573. The molecule has 2 aromatic rings. The molecule has 2 N–H and O–H groups in total. The maximum Gasteiger partial charge on any atom is 0.165 e. The predicted octanol–water partition coefficient (Wildman–Crippen LogP) is 1.80. The van der Waals surface area contributed by atoms with Gasteiger partial charge in [-0.1, -0.05) is 0 Å². The number of benzene rings is 1. The lowest BCUT2D eigenvalue weighted by Crippen LogP contribution is -2.76. The van der Waals surface area contributed by atoms with E-state index in [0.29, 0.717) is 0 Å². The van der Waals surface area contributed by atoms with Crippen LogP contribution in [0.2, 0.25) is 0 Å². The molecule has 0 radical (unpaired) electrons. The minimum absolute atomic E-state index is 0.0860. The number of nitrogens with two attached hydrogens (primary N) is 1. The second-order valence-electron chi connectivity index (χ2n) is 5.03. The van der Waals surface area contributed by atoms with Crippen LogP contribution in [0.15, 0.2) is 18.3 Å². The molecule has 1 aliphatic heterocycles. The van der Waals surface area contributed by atoms with Crippen molar-refractivity contribution in [2.45, 2.75) is 32.4 Å². The van der Waals surface area contributed by atoms with Gasteiger partial charge in [0.25, 0.3) is 0 Å². The molecule has 0 saturated carbocycles. The quantitative estimate of drug-likeness (QED) is 0.678. The highest BCUT2D eigenvalue weighted by atomic mass is 16.6. The minimum atomic E-state index is 0.0860. The van der Waals surface area contributed by atoms with E-state index in [2.05, 4.69) is 24.2 Å². The van der Waals surface area contributed by atoms with Crippen molar-refractivity contribution in [2.75, 3.05) is 13.7 Å². The number of fused-ring (bicyclic) bond motifs is 1. The van der Waals surface area contributed by atoms with Gasteiger partial charge in [0.2, 0.25) is 0 Å². The molecule has 1 saturated heterocycles. The van der Waals surface area contributed by atoms with Gasteiger partial charge in [-0.05, 0) is 32.3 Å². The lowest BCUT2D eigenvalue weighted by atomic mass is 10.1. The summed E-state index contributed by atoms with van der Waals surface area (Å²) in [6.07, 6.45) is 5.40. The monoisotopic (exact) mass is 262 g/mol. The van der Waals surface area contributed by atoms with Gasteiger partial charge in [0.05, 0.1) is 18.8 Å². The molecule has 1 unspecified atom stereocenters. The fraction of sp³-hybridized carbons (Fsp3) is 0.500. The summed E-state index contributed by atoms with van der Waals surface area (Å²) in [5.41, 5.74) is 5.19. The van der Waals surface area contributed by atoms with Crippen LogP contribution >= 0.6 is 0 Å². The normalized spacial score (nSPS) is 20.0. The maximum absolute atomic E-state index is 5.82. The molecule has 5 nitrogen and oxygen atoms in total. The second-order valence-corrected chi connectivity index (χ2v) is 5.03. The van der Waals surface area contributed by atoms with Crippen LogP contribution in [0.1, 0.15) is 31.1 Å². The number of nitrogens with zero attached hydrogens (tertiary/aromatic N) is 2. The molecule has 1 aromatic carbocycles. The fourth-order valence-corrected chi connectivity index (χ4v) is 2.62. The van der Waals surface area contributed by atoms with E-state index in [1.54, 1.807) is 12.6 Å². The van der Waals surface area contributed by atoms with Gasteiger partial charge < -0.3 is 4.74 Å². The van der Waals surface area contributed by atoms with Gasteiger partial charge in [0, 0.05) is 23.6 Å². The zero-order chi connectivity index (χ0) is 13.2. The van der Waals surface area contributed by atoms with Gasteiger partial charge in [0.1, 0.15) is 0 Å². The van der Waals surface area contributed by atoms with Crippen molar-refractivity contribution >= 4 is 16.6 Å². The van der Waals surface area contributed by atoms with Crippen LogP contribution < -0.4 is 5.48 Å². The third kappa shape index (κ3) is 2.36. The molecule has 1 atom stereocenters. The average Bonchev–Trinajstić information content (AvgIpc) is 2.83. The zero-order valence-electron chi connectivity index (χ0n) is 11.4. The number of aromatic nitrogens is 2. The van der Waals surface area contributed by atoms with Crippen molar-refractivity contribution in [1.82, 2.24) is 9.78 Å². The Hall–Kier alpha value is -1.43. The van der Waals surface area contributed by atoms with Crippen LogP contribution in [0, 0.1) is 6.92 Å². The number of hydrogen-bond donors (Lipinski definition) is 1. The Morgan fingerprint density at radius 1 is 1.42 bits per heavy atom. The summed E-state index contributed by atoms with van der Waals surface area (Å²) >= 11 is 0. The molecule has 0 amide bonds. The summed E-state index contributed by atoms with van der Waals surface area (Å²) in [7, 11) is 1.67. The van der Waals surface area contributed by atoms with E-state index < -0.39 is 0 Å². The van der Waals surface area contributed by atoms with E-state index in [4.69, 9.17) is 9.57 Å². The first-order valence-corrected chi connectivity index (χ1v) is 6.75. The van der Waals surface area contributed by atoms with Gasteiger partial charge in [-0.15, -0.1) is 0 Å². The predicted molar refractivity (Wildman–Crippen MR) is 71.9 cm³/mol. The fourth-order valence-electron chi connectivity index (χ4n) is 2.62. The molecule has 0 spiro atoms. The third-order valence-electron chi connectivity index (χ3n) is 3.66. The summed E-state index contributed by atoms with van der Waals surface area (Å²) in [6.45, 7) is 2.92. The van der Waals surface area contributed by atoms with Gasteiger partial charge in [-0.3, -0.25) is 0 Å². The van der Waals surface area contributed by atoms with Crippen LogP contribution in [0.3, 0.4) is 0 Å². The first-order chi connectivity index (χ1) is 9.29. The van der Waals surface area contributed by atoms with E-state index in [9.17, 15) is 0 Å². The van der Waals surface area contributed by atoms with Crippen LogP contribution in [0.25, 0.3) is 10.9 Å². The van der Waals surface area contributed by atoms with Crippen molar-refractivity contribution in [3.8, 4) is 0 Å². The molecule has 2 heterocycles. The average molecular weight is 262 g/mol. The highest BCUT2D eigenvalue weighted by Crippen LogP contribution is 2.28. The van der Waals surface area contributed by atoms with Crippen LogP contribution in [-0.4, -0.2) is 23.5 Å². The highest BCUT2D eigenvalue weighted by Gasteiger charge is 2.19. The Morgan fingerprint density at radius 3 is 3.05 bits per heavy atom. The number of ether oxygens (including phenoxy) is 1. The Labute approximate surface area is 112 Å². The topological polar surface area (TPSA) is 52.9 Å². The summed E-state index contributed by atoms with van der Waals surface area (Å²) in [6, 6.07) is 4.27. The number of rotatable bonds is 3. The largest absolute Gasteiger partial charge is 0.356 e. The lowest BCUT2D eigenvalue weighted by molar-refractivity contribution is -0.830. The van der Waals surface area contributed by atoms with Crippen LogP contribution in [0.5, 0.6) is 0 Å². The highest BCUT2D eigenvalue weighted by molar-refractivity contribution is 5.82. The van der Waals surface area contributed by atoms with Crippen molar-refractivity contribution in [3.63, 3.8) is 0 Å². The Balaban J connectivity index is 2.00. The van der Waals surface area contributed by atoms with Gasteiger partial charge in [-0.2, -0.15) is 10.6 Å². The molecule has 19 heavy (non-hydrogen) atoms. The molecule has 1 aromatic heterocycles. The van der Waals surface area contributed by atoms with Gasteiger partial charge >= 0.3 is 0 Å². The number of aryl methyl sites for hydroxylation is 1. The molecular formula is C14H20N3O2+. The molecular weight excluding hydrogens is 242 g/mol. The van der Waals surface area contributed by atoms with E-state index in [1.807, 2.05) is 10.9 Å². The summed E-state index contributed by atoms with van der Waals surface area (Å²) in [5, 5.41) is 5.63. The van der Waals surface area contributed by atoms with Crippen molar-refractivity contribution in [3.05, 3.63) is 23.9 Å². The van der Waals surface area contributed by atoms with Crippen molar-refractivity contribution < 1.29 is 15.1 Å².